The van der Waals surface area contributed by atoms with Crippen LogP contribution in [0.15, 0.2) is 40.9 Å². The van der Waals surface area contributed by atoms with E-state index in [1.807, 2.05) is 0 Å². The zero-order valence-electron chi connectivity index (χ0n) is 10.0. The highest BCUT2D eigenvalue weighted by Gasteiger charge is 2.12. The Bertz CT molecular complexity index is 752. The van der Waals surface area contributed by atoms with Gasteiger partial charge in [0.05, 0.1) is 0 Å². The molecule has 0 saturated heterocycles. The van der Waals surface area contributed by atoms with Gasteiger partial charge < -0.3 is 10.3 Å². The molecule has 20 heavy (non-hydrogen) atoms. The molecule has 0 unspecified atom stereocenters. The lowest BCUT2D eigenvalue weighted by atomic mass is 10.2. The van der Waals surface area contributed by atoms with Crippen LogP contribution in [0.1, 0.15) is 0 Å². The number of nitrogen functional groups attached to an aromatic ring is 1. The first-order valence-electron chi connectivity index (χ1n) is 5.65. The Labute approximate surface area is 124 Å². The predicted octanol–water partition coefficient (Wildman–Crippen LogP) is 3.69. The number of hydrogen-bond acceptors (Lipinski definition) is 5. The van der Waals surface area contributed by atoms with Gasteiger partial charge in [0, 0.05) is 15.6 Å². The van der Waals surface area contributed by atoms with Gasteiger partial charge in [-0.05, 0) is 30.3 Å². The number of hydrogen-bond donors (Lipinski definition) is 1. The molecule has 100 valence electrons. The Morgan fingerprint density at radius 3 is 2.45 bits per heavy atom. The Kier molecular flexibility index (Phi) is 3.30. The standard InChI is InChI=1S/C13H8Cl2N4O/c14-8-4-7(5-9(15)6-8)12-18-13(20-19-12)10-2-1-3-11(16)17-10/h1-6H,(H2,16,17). The number of anilines is 1. The molecule has 0 aliphatic heterocycles. The van der Waals surface area contributed by atoms with Crippen LogP contribution in [0.3, 0.4) is 0 Å². The molecule has 0 fully saturated rings. The summed E-state index contributed by atoms with van der Waals surface area (Å²) < 4.78 is 5.17. The molecular weight excluding hydrogens is 299 g/mol. The van der Waals surface area contributed by atoms with E-state index in [9.17, 15) is 0 Å². The van der Waals surface area contributed by atoms with Gasteiger partial charge in [-0.25, -0.2) is 4.98 Å². The number of nitrogens with two attached hydrogens (primary N) is 1. The maximum absolute atomic E-state index is 5.95. The van der Waals surface area contributed by atoms with Crippen LogP contribution in [0.4, 0.5) is 5.82 Å². The first-order valence-corrected chi connectivity index (χ1v) is 6.40. The fourth-order valence-corrected chi connectivity index (χ4v) is 2.22. The zero-order valence-corrected chi connectivity index (χ0v) is 11.6. The van der Waals surface area contributed by atoms with E-state index in [1.165, 1.54) is 0 Å². The molecule has 3 aromatic rings. The maximum Gasteiger partial charge on any atom is 0.276 e. The quantitative estimate of drug-likeness (QED) is 0.781. The minimum absolute atomic E-state index is 0.281. The summed E-state index contributed by atoms with van der Waals surface area (Å²) in [5.41, 5.74) is 6.80. The van der Waals surface area contributed by atoms with Gasteiger partial charge in [0.25, 0.3) is 5.89 Å². The number of halogens is 2. The molecule has 0 amide bonds. The van der Waals surface area contributed by atoms with Gasteiger partial charge in [-0.15, -0.1) is 0 Å². The van der Waals surface area contributed by atoms with Crippen molar-refractivity contribution in [2.75, 3.05) is 5.73 Å². The lowest BCUT2D eigenvalue weighted by Gasteiger charge is -1.97. The van der Waals surface area contributed by atoms with E-state index >= 15 is 0 Å². The summed E-state index contributed by atoms with van der Waals surface area (Å²) in [7, 11) is 0. The van der Waals surface area contributed by atoms with Crippen molar-refractivity contribution in [3.8, 4) is 23.0 Å². The van der Waals surface area contributed by atoms with E-state index in [2.05, 4.69) is 15.1 Å². The van der Waals surface area contributed by atoms with Crippen molar-refractivity contribution in [2.45, 2.75) is 0 Å². The second-order valence-electron chi connectivity index (χ2n) is 4.03. The van der Waals surface area contributed by atoms with Gasteiger partial charge in [-0.2, -0.15) is 4.98 Å². The second-order valence-corrected chi connectivity index (χ2v) is 4.90. The highest BCUT2D eigenvalue weighted by atomic mass is 35.5. The molecule has 0 radical (unpaired) electrons. The minimum atomic E-state index is 0.281. The fraction of sp³-hybridized carbons (Fsp3) is 0. The van der Waals surface area contributed by atoms with Crippen molar-refractivity contribution in [3.05, 3.63) is 46.4 Å². The summed E-state index contributed by atoms with van der Waals surface area (Å²) in [4.78, 5) is 8.38. The number of aromatic nitrogens is 3. The first kappa shape index (κ1) is 12.9. The van der Waals surface area contributed by atoms with Gasteiger partial charge >= 0.3 is 0 Å². The normalized spacial score (nSPS) is 10.7. The molecule has 1 aromatic carbocycles. The molecule has 5 nitrogen and oxygen atoms in total. The predicted molar refractivity (Wildman–Crippen MR) is 77.4 cm³/mol. The lowest BCUT2D eigenvalue weighted by Crippen LogP contribution is -1.91. The van der Waals surface area contributed by atoms with E-state index in [1.54, 1.807) is 36.4 Å². The smallest absolute Gasteiger partial charge is 0.276 e. The largest absolute Gasteiger partial charge is 0.384 e. The molecule has 2 aromatic heterocycles. The van der Waals surface area contributed by atoms with E-state index < -0.39 is 0 Å². The molecule has 0 aliphatic carbocycles. The van der Waals surface area contributed by atoms with Gasteiger partial charge in [0.2, 0.25) is 5.82 Å². The van der Waals surface area contributed by atoms with E-state index in [0.29, 0.717) is 32.9 Å². The third kappa shape index (κ3) is 2.59. The summed E-state index contributed by atoms with van der Waals surface area (Å²) in [5, 5.41) is 4.89. The minimum Gasteiger partial charge on any atom is -0.384 e. The van der Waals surface area contributed by atoms with Crippen LogP contribution in [0, 0.1) is 0 Å². The second kappa shape index (κ2) is 5.11. The van der Waals surface area contributed by atoms with Gasteiger partial charge in [-0.3, -0.25) is 0 Å². The molecule has 2 N–H and O–H groups in total. The van der Waals surface area contributed by atoms with Crippen LogP contribution in [-0.2, 0) is 0 Å². The van der Waals surface area contributed by atoms with Gasteiger partial charge in [0.1, 0.15) is 11.5 Å². The molecule has 0 atom stereocenters. The van der Waals surface area contributed by atoms with Crippen LogP contribution >= 0.6 is 23.2 Å². The molecule has 0 saturated carbocycles. The molecule has 0 spiro atoms. The van der Waals surface area contributed by atoms with Crippen LogP contribution in [0.25, 0.3) is 23.0 Å². The number of rotatable bonds is 2. The van der Waals surface area contributed by atoms with Gasteiger partial charge in [0.15, 0.2) is 0 Å². The Hall–Kier alpha value is -2.11. The fourth-order valence-electron chi connectivity index (χ4n) is 1.70. The molecular formula is C13H8Cl2N4O. The average molecular weight is 307 g/mol. The number of benzene rings is 1. The third-order valence-corrected chi connectivity index (χ3v) is 2.97. The Balaban J connectivity index is 2.02. The SMILES string of the molecule is Nc1cccc(-c2nc(-c3cc(Cl)cc(Cl)c3)no2)n1. The van der Waals surface area contributed by atoms with Crippen molar-refractivity contribution in [1.29, 1.82) is 0 Å². The molecule has 0 bridgehead atoms. The Morgan fingerprint density at radius 1 is 1.00 bits per heavy atom. The molecule has 3 rings (SSSR count). The highest BCUT2D eigenvalue weighted by Crippen LogP contribution is 2.27. The summed E-state index contributed by atoms with van der Waals surface area (Å²) >= 11 is 11.9. The number of pyridine rings is 1. The summed E-state index contributed by atoms with van der Waals surface area (Å²) in [6.07, 6.45) is 0. The molecule has 0 aliphatic rings. The average Bonchev–Trinajstić information content (AvgIpc) is 2.87. The first-order chi connectivity index (χ1) is 9.61. The van der Waals surface area contributed by atoms with Crippen molar-refractivity contribution >= 4 is 29.0 Å². The van der Waals surface area contributed by atoms with Crippen LogP contribution in [0.5, 0.6) is 0 Å². The van der Waals surface area contributed by atoms with Gasteiger partial charge in [-0.1, -0.05) is 34.4 Å². The maximum atomic E-state index is 5.95. The van der Waals surface area contributed by atoms with Crippen molar-refractivity contribution in [3.63, 3.8) is 0 Å². The van der Waals surface area contributed by atoms with Crippen LogP contribution in [0.2, 0.25) is 10.0 Å². The van der Waals surface area contributed by atoms with Crippen LogP contribution in [-0.4, -0.2) is 15.1 Å². The van der Waals surface area contributed by atoms with E-state index in [4.69, 9.17) is 33.5 Å². The lowest BCUT2D eigenvalue weighted by molar-refractivity contribution is 0.431. The molecule has 2 heterocycles. The van der Waals surface area contributed by atoms with Crippen molar-refractivity contribution in [2.24, 2.45) is 0 Å². The topological polar surface area (TPSA) is 77.8 Å². The van der Waals surface area contributed by atoms with E-state index in [-0.39, 0.29) is 5.89 Å². The van der Waals surface area contributed by atoms with Crippen molar-refractivity contribution in [1.82, 2.24) is 15.1 Å². The van der Waals surface area contributed by atoms with Crippen LogP contribution < -0.4 is 5.73 Å². The number of nitrogens with zero attached hydrogens (tertiary/aromatic N) is 3. The van der Waals surface area contributed by atoms with Crippen molar-refractivity contribution < 1.29 is 4.52 Å². The molecule has 7 heteroatoms. The highest BCUT2D eigenvalue weighted by molar-refractivity contribution is 6.35. The summed E-state index contributed by atoms with van der Waals surface area (Å²) in [6.45, 7) is 0. The summed E-state index contributed by atoms with van der Waals surface area (Å²) in [6, 6.07) is 10.2. The summed E-state index contributed by atoms with van der Waals surface area (Å²) in [5.74, 6) is 1.05. The third-order valence-electron chi connectivity index (χ3n) is 2.54. The van der Waals surface area contributed by atoms with E-state index in [0.717, 1.165) is 0 Å². The zero-order chi connectivity index (χ0) is 14.1. The monoisotopic (exact) mass is 306 g/mol. The Morgan fingerprint density at radius 2 is 1.75 bits per heavy atom.